The van der Waals surface area contributed by atoms with E-state index >= 15 is 0 Å². The van der Waals surface area contributed by atoms with Crippen LogP contribution in [0.25, 0.3) is 21.8 Å². The second-order valence-corrected chi connectivity index (χ2v) is 9.68. The van der Waals surface area contributed by atoms with Crippen molar-refractivity contribution in [1.29, 1.82) is 0 Å². The summed E-state index contributed by atoms with van der Waals surface area (Å²) in [6.07, 6.45) is 0. The SMILES string of the molecule is Cc1ccc2c3ccccc3n(P(=O)(c3ccccc3)c3ccccc3)c2c1. The fourth-order valence-electron chi connectivity index (χ4n) is 4.00. The fraction of sp³-hybridized carbons (Fsp3) is 0.0400. The highest BCUT2D eigenvalue weighted by Crippen LogP contribution is 2.50. The molecule has 0 spiro atoms. The molecule has 0 bridgehead atoms. The van der Waals surface area contributed by atoms with Crippen molar-refractivity contribution in [3.8, 4) is 0 Å². The molecule has 0 amide bonds. The monoisotopic (exact) mass is 381 g/mol. The summed E-state index contributed by atoms with van der Waals surface area (Å²) < 4.78 is 17.1. The fourth-order valence-corrected chi connectivity index (χ4v) is 6.86. The van der Waals surface area contributed by atoms with Gasteiger partial charge in [0.1, 0.15) is 0 Å². The summed E-state index contributed by atoms with van der Waals surface area (Å²) in [5.74, 6) is 0. The van der Waals surface area contributed by atoms with Gasteiger partial charge in [-0.2, -0.15) is 0 Å². The van der Waals surface area contributed by atoms with Gasteiger partial charge in [-0.05, 0) is 48.9 Å². The van der Waals surface area contributed by atoms with Gasteiger partial charge in [-0.1, -0.05) is 66.7 Å². The topological polar surface area (TPSA) is 22.0 Å². The lowest BCUT2D eigenvalue weighted by Gasteiger charge is -2.23. The zero-order valence-electron chi connectivity index (χ0n) is 15.6. The van der Waals surface area contributed by atoms with Gasteiger partial charge in [0.05, 0.1) is 11.0 Å². The molecule has 136 valence electrons. The van der Waals surface area contributed by atoms with Gasteiger partial charge >= 0.3 is 0 Å². The van der Waals surface area contributed by atoms with Gasteiger partial charge in [0.15, 0.2) is 0 Å². The molecule has 0 radical (unpaired) electrons. The summed E-state index contributed by atoms with van der Waals surface area (Å²) in [5.41, 5.74) is 3.17. The van der Waals surface area contributed by atoms with E-state index in [0.717, 1.165) is 38.0 Å². The predicted molar refractivity (Wildman–Crippen MR) is 119 cm³/mol. The van der Waals surface area contributed by atoms with Crippen LogP contribution in [0.5, 0.6) is 0 Å². The van der Waals surface area contributed by atoms with Crippen molar-refractivity contribution in [1.82, 2.24) is 4.34 Å². The van der Waals surface area contributed by atoms with Crippen LogP contribution in [-0.4, -0.2) is 4.34 Å². The molecule has 0 N–H and O–H groups in total. The first-order chi connectivity index (χ1) is 13.7. The molecule has 5 aromatic rings. The summed E-state index contributed by atoms with van der Waals surface area (Å²) in [6.45, 7) is 2.08. The summed E-state index contributed by atoms with van der Waals surface area (Å²) in [5, 5.41) is 3.94. The molecule has 0 aliphatic carbocycles. The molecule has 0 aliphatic heterocycles. The van der Waals surface area contributed by atoms with Gasteiger partial charge in [0, 0.05) is 21.4 Å². The Bertz CT molecular complexity index is 1290. The smallest absolute Gasteiger partial charge is 0.234 e. The van der Waals surface area contributed by atoms with E-state index in [1.165, 1.54) is 0 Å². The molecule has 0 aliphatic rings. The number of benzene rings is 4. The van der Waals surface area contributed by atoms with E-state index < -0.39 is 7.29 Å². The van der Waals surface area contributed by atoms with Crippen LogP contribution < -0.4 is 10.6 Å². The molecular formula is C25H20NOP. The minimum absolute atomic E-state index is 0.838. The number of hydrogen-bond acceptors (Lipinski definition) is 1. The Kier molecular flexibility index (Phi) is 3.96. The quantitative estimate of drug-likeness (QED) is 0.358. The molecule has 4 aromatic carbocycles. The Morgan fingerprint density at radius 3 is 1.79 bits per heavy atom. The number of para-hydroxylation sites is 1. The Morgan fingerprint density at radius 2 is 1.14 bits per heavy atom. The molecule has 0 atom stereocenters. The molecule has 1 heterocycles. The molecule has 0 fully saturated rings. The number of nitrogens with zero attached hydrogens (tertiary/aromatic N) is 1. The van der Waals surface area contributed by atoms with E-state index in [2.05, 4.69) is 41.6 Å². The second kappa shape index (κ2) is 6.51. The van der Waals surface area contributed by atoms with Crippen LogP contribution in [0.2, 0.25) is 0 Å². The molecule has 28 heavy (non-hydrogen) atoms. The van der Waals surface area contributed by atoms with E-state index in [0.29, 0.717) is 0 Å². The maximum absolute atomic E-state index is 15.0. The van der Waals surface area contributed by atoms with Crippen molar-refractivity contribution in [2.75, 3.05) is 0 Å². The zero-order valence-corrected chi connectivity index (χ0v) is 16.5. The van der Waals surface area contributed by atoms with Crippen LogP contribution in [0, 0.1) is 6.92 Å². The number of aromatic nitrogens is 1. The zero-order chi connectivity index (χ0) is 19.1. The Labute approximate surface area is 164 Å². The normalized spacial score (nSPS) is 11.9. The van der Waals surface area contributed by atoms with E-state index in [9.17, 15) is 4.57 Å². The van der Waals surface area contributed by atoms with E-state index in [4.69, 9.17) is 0 Å². The van der Waals surface area contributed by atoms with E-state index in [-0.39, 0.29) is 0 Å². The number of rotatable bonds is 3. The molecular weight excluding hydrogens is 361 g/mol. The lowest BCUT2D eigenvalue weighted by molar-refractivity contribution is 0.583. The first-order valence-corrected chi connectivity index (χ1v) is 11.1. The average molecular weight is 381 g/mol. The molecule has 1 aromatic heterocycles. The summed E-state index contributed by atoms with van der Waals surface area (Å²) in [4.78, 5) is 0. The van der Waals surface area contributed by atoms with Crippen molar-refractivity contribution in [2.24, 2.45) is 0 Å². The highest BCUT2D eigenvalue weighted by atomic mass is 31.2. The molecule has 5 rings (SSSR count). The van der Waals surface area contributed by atoms with Crippen LogP contribution in [-0.2, 0) is 4.57 Å². The highest BCUT2D eigenvalue weighted by molar-refractivity contribution is 7.77. The number of aryl methyl sites for hydroxylation is 1. The molecule has 0 saturated carbocycles. The van der Waals surface area contributed by atoms with Gasteiger partial charge in [-0.3, -0.25) is 8.90 Å². The lowest BCUT2D eigenvalue weighted by atomic mass is 10.1. The van der Waals surface area contributed by atoms with Crippen LogP contribution in [0.1, 0.15) is 5.56 Å². The van der Waals surface area contributed by atoms with Crippen LogP contribution >= 0.6 is 7.29 Å². The van der Waals surface area contributed by atoms with Gasteiger partial charge in [-0.25, -0.2) is 0 Å². The molecule has 0 saturated heterocycles. The Morgan fingerprint density at radius 1 is 0.607 bits per heavy atom. The standard InChI is InChI=1S/C25H20NOP/c1-19-16-17-23-22-14-8-9-15-24(22)26(25(23)18-19)28(27,20-10-4-2-5-11-20)21-12-6-3-7-13-21/h2-18H,1H3. The van der Waals surface area contributed by atoms with E-state index in [1.54, 1.807) is 0 Å². The number of hydrogen-bond donors (Lipinski definition) is 0. The van der Waals surface area contributed by atoms with Crippen molar-refractivity contribution in [2.45, 2.75) is 6.92 Å². The first kappa shape index (κ1) is 17.0. The Hall–Kier alpha value is -3.09. The first-order valence-electron chi connectivity index (χ1n) is 9.41. The minimum atomic E-state index is -3.12. The molecule has 3 heteroatoms. The number of fused-ring (bicyclic) bond motifs is 3. The average Bonchev–Trinajstić information content (AvgIpc) is 3.08. The van der Waals surface area contributed by atoms with Crippen molar-refractivity contribution in [3.05, 3.63) is 109 Å². The maximum Gasteiger partial charge on any atom is 0.234 e. The highest BCUT2D eigenvalue weighted by Gasteiger charge is 2.32. The van der Waals surface area contributed by atoms with Crippen molar-refractivity contribution >= 4 is 39.7 Å². The van der Waals surface area contributed by atoms with Crippen molar-refractivity contribution < 1.29 is 4.57 Å². The van der Waals surface area contributed by atoms with Crippen LogP contribution in [0.4, 0.5) is 0 Å². The maximum atomic E-state index is 15.0. The largest absolute Gasteiger partial charge is 0.290 e. The third-order valence-electron chi connectivity index (χ3n) is 5.30. The predicted octanol–water partition coefficient (Wildman–Crippen LogP) is 5.88. The third-order valence-corrected chi connectivity index (χ3v) is 8.29. The third kappa shape index (κ3) is 2.46. The second-order valence-electron chi connectivity index (χ2n) is 7.10. The van der Waals surface area contributed by atoms with Crippen molar-refractivity contribution in [3.63, 3.8) is 0 Å². The van der Waals surface area contributed by atoms with Crippen LogP contribution in [0.15, 0.2) is 103 Å². The lowest BCUT2D eigenvalue weighted by Crippen LogP contribution is -2.21. The van der Waals surface area contributed by atoms with Gasteiger partial charge in [0.2, 0.25) is 7.29 Å². The summed E-state index contributed by atoms with van der Waals surface area (Å²) in [6, 6.07) is 34.3. The molecule has 0 unspecified atom stereocenters. The van der Waals surface area contributed by atoms with Gasteiger partial charge in [-0.15, -0.1) is 0 Å². The molecule has 2 nitrogen and oxygen atoms in total. The van der Waals surface area contributed by atoms with E-state index in [1.807, 2.05) is 72.8 Å². The Balaban J connectivity index is 2.00. The van der Waals surface area contributed by atoms with Gasteiger partial charge < -0.3 is 0 Å². The minimum Gasteiger partial charge on any atom is -0.290 e. The summed E-state index contributed by atoms with van der Waals surface area (Å²) >= 11 is 0. The summed E-state index contributed by atoms with van der Waals surface area (Å²) in [7, 11) is -3.12. The van der Waals surface area contributed by atoms with Crippen LogP contribution in [0.3, 0.4) is 0 Å². The van der Waals surface area contributed by atoms with Gasteiger partial charge in [0.25, 0.3) is 0 Å².